The smallest absolute Gasteiger partial charge is 0.326 e. The fourth-order valence-electron chi connectivity index (χ4n) is 3.22. The normalized spacial score (nSPS) is 19.0. The topological polar surface area (TPSA) is 133 Å². The number of carboxylic acids is 1. The zero-order valence-electron chi connectivity index (χ0n) is 15.6. The predicted octanol–water partition coefficient (Wildman–Crippen LogP) is 0.478. The number of phenolic OH excluding ortho intramolecular Hbond substituents is 1. The van der Waals surface area contributed by atoms with E-state index >= 15 is 0 Å². The van der Waals surface area contributed by atoms with Crippen molar-refractivity contribution >= 4 is 17.8 Å². The Morgan fingerprint density at radius 2 is 1.89 bits per heavy atom. The molecule has 1 fully saturated rings. The summed E-state index contributed by atoms with van der Waals surface area (Å²) < 4.78 is 0. The number of nitrogens with one attached hydrogen (secondary N) is 1. The molecule has 0 bridgehead atoms. The molecule has 3 unspecified atom stereocenters. The lowest BCUT2D eigenvalue weighted by Crippen LogP contribution is -2.56. The van der Waals surface area contributed by atoms with Gasteiger partial charge in [-0.2, -0.15) is 0 Å². The monoisotopic (exact) mass is 377 g/mol. The number of phenols is 1. The fraction of sp³-hybridized carbons (Fsp3) is 0.526. The van der Waals surface area contributed by atoms with E-state index in [0.717, 1.165) is 5.56 Å². The second kappa shape index (κ2) is 8.85. The first-order valence-corrected chi connectivity index (χ1v) is 9.08. The third-order valence-electron chi connectivity index (χ3n) is 4.78. The summed E-state index contributed by atoms with van der Waals surface area (Å²) in [5.41, 5.74) is 6.76. The van der Waals surface area contributed by atoms with Gasteiger partial charge in [0, 0.05) is 6.54 Å². The summed E-state index contributed by atoms with van der Waals surface area (Å²) in [6.45, 7) is 3.95. The maximum atomic E-state index is 12.8. The zero-order chi connectivity index (χ0) is 20.1. The molecule has 2 amide bonds. The van der Waals surface area contributed by atoms with Gasteiger partial charge in [-0.05, 0) is 42.9 Å². The Bertz CT molecular complexity index is 689. The van der Waals surface area contributed by atoms with Crippen molar-refractivity contribution in [3.63, 3.8) is 0 Å². The van der Waals surface area contributed by atoms with E-state index in [9.17, 15) is 24.6 Å². The van der Waals surface area contributed by atoms with Crippen LogP contribution in [0.15, 0.2) is 24.3 Å². The van der Waals surface area contributed by atoms with Crippen molar-refractivity contribution in [1.82, 2.24) is 10.2 Å². The largest absolute Gasteiger partial charge is 0.508 e. The van der Waals surface area contributed by atoms with Crippen molar-refractivity contribution in [3.05, 3.63) is 29.8 Å². The summed E-state index contributed by atoms with van der Waals surface area (Å²) in [5, 5.41) is 21.3. The number of nitrogens with two attached hydrogens (primary N) is 1. The predicted molar refractivity (Wildman–Crippen MR) is 98.9 cm³/mol. The van der Waals surface area contributed by atoms with Crippen LogP contribution in [0.1, 0.15) is 32.3 Å². The highest BCUT2D eigenvalue weighted by Gasteiger charge is 2.38. The van der Waals surface area contributed by atoms with Gasteiger partial charge in [0.15, 0.2) is 0 Å². The number of carbonyl (C=O) groups is 3. The van der Waals surface area contributed by atoms with E-state index in [1.54, 1.807) is 26.0 Å². The molecular weight excluding hydrogens is 350 g/mol. The highest BCUT2D eigenvalue weighted by atomic mass is 16.4. The molecule has 148 valence electrons. The van der Waals surface area contributed by atoms with Crippen LogP contribution in [-0.2, 0) is 20.8 Å². The minimum absolute atomic E-state index is 0.126. The lowest BCUT2D eigenvalue weighted by molar-refractivity contribution is -0.150. The van der Waals surface area contributed by atoms with Gasteiger partial charge in [0.1, 0.15) is 17.8 Å². The second-order valence-corrected chi connectivity index (χ2v) is 7.24. The number of aliphatic carboxylic acids is 1. The fourth-order valence-corrected chi connectivity index (χ4v) is 3.22. The van der Waals surface area contributed by atoms with Gasteiger partial charge in [-0.3, -0.25) is 9.59 Å². The van der Waals surface area contributed by atoms with Crippen LogP contribution in [0.2, 0.25) is 0 Å². The quantitative estimate of drug-likeness (QED) is 0.546. The van der Waals surface area contributed by atoms with Gasteiger partial charge in [-0.1, -0.05) is 26.0 Å². The number of rotatable bonds is 7. The summed E-state index contributed by atoms with van der Waals surface area (Å²) in [6.07, 6.45) is 1.30. The van der Waals surface area contributed by atoms with Gasteiger partial charge >= 0.3 is 5.97 Å². The lowest BCUT2D eigenvalue weighted by atomic mass is 10.0. The zero-order valence-corrected chi connectivity index (χ0v) is 15.6. The van der Waals surface area contributed by atoms with Crippen LogP contribution in [-0.4, -0.2) is 57.6 Å². The number of hydrogen-bond acceptors (Lipinski definition) is 5. The van der Waals surface area contributed by atoms with Gasteiger partial charge in [0.2, 0.25) is 11.8 Å². The molecule has 8 nitrogen and oxygen atoms in total. The van der Waals surface area contributed by atoms with Gasteiger partial charge in [-0.15, -0.1) is 0 Å². The van der Waals surface area contributed by atoms with E-state index < -0.39 is 30.0 Å². The van der Waals surface area contributed by atoms with E-state index in [1.807, 2.05) is 0 Å². The maximum Gasteiger partial charge on any atom is 0.326 e. The minimum atomic E-state index is -1.03. The summed E-state index contributed by atoms with van der Waals surface area (Å²) in [4.78, 5) is 38.0. The van der Waals surface area contributed by atoms with Gasteiger partial charge < -0.3 is 26.2 Å². The minimum Gasteiger partial charge on any atom is -0.508 e. The van der Waals surface area contributed by atoms with E-state index in [-0.39, 0.29) is 24.0 Å². The lowest BCUT2D eigenvalue weighted by Gasteiger charge is -2.30. The van der Waals surface area contributed by atoms with Gasteiger partial charge in [-0.25, -0.2) is 4.79 Å². The molecule has 2 rings (SSSR count). The number of amides is 2. The van der Waals surface area contributed by atoms with Crippen molar-refractivity contribution in [2.45, 2.75) is 51.2 Å². The molecule has 0 radical (unpaired) electrons. The van der Waals surface area contributed by atoms with Crippen molar-refractivity contribution in [1.29, 1.82) is 0 Å². The molecule has 8 heteroatoms. The molecule has 1 aromatic carbocycles. The third kappa shape index (κ3) is 5.19. The molecule has 0 saturated carbocycles. The highest BCUT2D eigenvalue weighted by molar-refractivity contribution is 5.92. The molecule has 1 heterocycles. The molecule has 1 aliphatic rings. The van der Waals surface area contributed by atoms with E-state index in [4.69, 9.17) is 5.73 Å². The van der Waals surface area contributed by atoms with Crippen LogP contribution in [0.25, 0.3) is 0 Å². The number of carbonyl (C=O) groups excluding carboxylic acids is 2. The van der Waals surface area contributed by atoms with Gasteiger partial charge in [0.25, 0.3) is 0 Å². The molecular formula is C19H27N3O5. The molecule has 1 saturated heterocycles. The highest BCUT2D eigenvalue weighted by Crippen LogP contribution is 2.20. The average molecular weight is 377 g/mol. The molecule has 0 aliphatic carbocycles. The van der Waals surface area contributed by atoms with Crippen molar-refractivity contribution in [2.75, 3.05) is 6.54 Å². The SMILES string of the molecule is CC(C)C(NC(=O)C(N)Cc1ccc(O)cc1)C(=O)N1CCCC1C(=O)O. The summed E-state index contributed by atoms with van der Waals surface area (Å²) in [6, 6.07) is 3.84. The number of carboxylic acid groups (broad SMARTS) is 1. The van der Waals surface area contributed by atoms with E-state index in [2.05, 4.69) is 5.32 Å². The molecule has 0 aromatic heterocycles. The first kappa shape index (κ1) is 20.7. The Morgan fingerprint density at radius 3 is 2.44 bits per heavy atom. The van der Waals surface area contributed by atoms with E-state index in [1.165, 1.54) is 17.0 Å². The Labute approximate surface area is 158 Å². The number of likely N-dealkylation sites (tertiary alicyclic amines) is 1. The van der Waals surface area contributed by atoms with E-state index in [0.29, 0.717) is 19.4 Å². The first-order valence-electron chi connectivity index (χ1n) is 9.08. The Hall–Kier alpha value is -2.61. The molecule has 5 N–H and O–H groups in total. The second-order valence-electron chi connectivity index (χ2n) is 7.24. The van der Waals surface area contributed by atoms with Crippen molar-refractivity contribution in [2.24, 2.45) is 11.7 Å². The Kier molecular flexibility index (Phi) is 6.79. The summed E-state index contributed by atoms with van der Waals surface area (Å²) in [5.74, 6) is -1.97. The molecule has 3 atom stereocenters. The van der Waals surface area contributed by atoms with Crippen LogP contribution in [0, 0.1) is 5.92 Å². The summed E-state index contributed by atoms with van der Waals surface area (Å²) in [7, 11) is 0. The van der Waals surface area contributed by atoms with Crippen LogP contribution in [0.3, 0.4) is 0 Å². The number of hydrogen-bond donors (Lipinski definition) is 4. The van der Waals surface area contributed by atoms with Crippen LogP contribution < -0.4 is 11.1 Å². The Balaban J connectivity index is 2.03. The average Bonchev–Trinajstić information content (AvgIpc) is 3.10. The first-order chi connectivity index (χ1) is 12.7. The molecule has 1 aromatic rings. The van der Waals surface area contributed by atoms with Crippen molar-refractivity contribution in [3.8, 4) is 5.75 Å². The van der Waals surface area contributed by atoms with Crippen LogP contribution in [0.5, 0.6) is 5.75 Å². The third-order valence-corrected chi connectivity index (χ3v) is 4.78. The standard InChI is InChI=1S/C19H27N3O5/c1-11(2)16(18(25)22-9-3-4-15(22)19(26)27)21-17(24)14(20)10-12-5-7-13(23)8-6-12/h5-8,11,14-16,23H,3-4,9-10,20H2,1-2H3,(H,21,24)(H,26,27). The van der Waals surface area contributed by atoms with Crippen molar-refractivity contribution < 1.29 is 24.6 Å². The number of benzene rings is 1. The summed E-state index contributed by atoms with van der Waals surface area (Å²) >= 11 is 0. The molecule has 27 heavy (non-hydrogen) atoms. The molecule has 1 aliphatic heterocycles. The number of nitrogens with zero attached hydrogens (tertiary/aromatic N) is 1. The Morgan fingerprint density at radius 1 is 1.26 bits per heavy atom. The maximum absolute atomic E-state index is 12.8. The molecule has 0 spiro atoms. The van der Waals surface area contributed by atoms with Crippen LogP contribution >= 0.6 is 0 Å². The number of aromatic hydroxyl groups is 1. The van der Waals surface area contributed by atoms with Gasteiger partial charge in [0.05, 0.1) is 6.04 Å². The van der Waals surface area contributed by atoms with Crippen LogP contribution in [0.4, 0.5) is 0 Å².